The number of carbonyl (C=O) groups is 1. The van der Waals surface area contributed by atoms with Crippen molar-refractivity contribution in [2.45, 2.75) is 26.7 Å². The van der Waals surface area contributed by atoms with Gasteiger partial charge in [-0.05, 0) is 37.5 Å². The molecule has 3 heterocycles. The summed E-state index contributed by atoms with van der Waals surface area (Å²) in [5.41, 5.74) is 1.92. The molecule has 4 rings (SSSR count). The van der Waals surface area contributed by atoms with Gasteiger partial charge in [0.05, 0.1) is 6.54 Å². The number of nitrogens with zero attached hydrogens (tertiary/aromatic N) is 5. The summed E-state index contributed by atoms with van der Waals surface area (Å²) in [6.07, 6.45) is 6.75. The van der Waals surface area contributed by atoms with Crippen molar-refractivity contribution in [1.29, 1.82) is 0 Å². The van der Waals surface area contributed by atoms with E-state index >= 15 is 0 Å². The minimum Gasteiger partial charge on any atom is -0.454 e. The van der Waals surface area contributed by atoms with Gasteiger partial charge < -0.3 is 19.7 Å². The van der Waals surface area contributed by atoms with Gasteiger partial charge in [-0.25, -0.2) is 9.97 Å². The van der Waals surface area contributed by atoms with E-state index in [4.69, 9.17) is 9.47 Å². The molecule has 9 heteroatoms. The molecule has 0 fully saturated rings. The highest BCUT2D eigenvalue weighted by atomic mass is 16.7. The Kier molecular flexibility index (Phi) is 6.30. The van der Waals surface area contributed by atoms with Crippen LogP contribution in [0, 0.1) is 6.92 Å². The Balaban J connectivity index is 1.37. The van der Waals surface area contributed by atoms with Crippen LogP contribution in [0.3, 0.4) is 0 Å². The van der Waals surface area contributed by atoms with Crippen molar-refractivity contribution in [3.8, 4) is 17.4 Å². The van der Waals surface area contributed by atoms with Crippen LogP contribution in [0.4, 0.5) is 5.82 Å². The van der Waals surface area contributed by atoms with E-state index in [1.54, 1.807) is 23.3 Å². The van der Waals surface area contributed by atoms with Crippen molar-refractivity contribution in [2.75, 3.05) is 31.3 Å². The summed E-state index contributed by atoms with van der Waals surface area (Å²) in [7, 11) is 0. The van der Waals surface area contributed by atoms with Gasteiger partial charge in [-0.2, -0.15) is 4.98 Å². The average molecular weight is 422 g/mol. The zero-order chi connectivity index (χ0) is 21.6. The predicted octanol–water partition coefficient (Wildman–Crippen LogP) is 2.27. The topological polar surface area (TPSA) is 94.4 Å². The van der Waals surface area contributed by atoms with Crippen molar-refractivity contribution in [3.05, 3.63) is 54.2 Å². The lowest BCUT2D eigenvalue weighted by molar-refractivity contribution is -0.119. The second kappa shape index (κ2) is 9.46. The number of carbonyl (C=O) groups excluding carboxylic acids is 1. The fraction of sp³-hybridized carbons (Fsp3) is 0.364. The first-order chi connectivity index (χ1) is 15.1. The lowest BCUT2D eigenvalue weighted by Gasteiger charge is -2.23. The van der Waals surface area contributed by atoms with E-state index in [1.165, 1.54) is 0 Å². The number of amides is 1. The van der Waals surface area contributed by atoms with E-state index in [9.17, 15) is 4.79 Å². The van der Waals surface area contributed by atoms with Crippen molar-refractivity contribution < 1.29 is 14.3 Å². The third-order valence-electron chi connectivity index (χ3n) is 4.89. The van der Waals surface area contributed by atoms with E-state index < -0.39 is 0 Å². The maximum atomic E-state index is 12.6. The number of hydrogen-bond acceptors (Lipinski definition) is 7. The van der Waals surface area contributed by atoms with E-state index in [1.807, 2.05) is 36.1 Å². The first-order valence-electron chi connectivity index (χ1n) is 10.4. The zero-order valence-corrected chi connectivity index (χ0v) is 17.7. The monoisotopic (exact) mass is 422 g/mol. The molecular weight excluding hydrogens is 396 g/mol. The Morgan fingerprint density at radius 1 is 1.23 bits per heavy atom. The van der Waals surface area contributed by atoms with Crippen LogP contribution in [0.15, 0.2) is 43.0 Å². The van der Waals surface area contributed by atoms with Crippen LogP contribution in [0.5, 0.6) is 11.5 Å². The Labute approximate surface area is 181 Å². The molecule has 0 bridgehead atoms. The molecular formula is C22H26N6O3. The van der Waals surface area contributed by atoms with Gasteiger partial charge in [0.25, 0.3) is 0 Å². The summed E-state index contributed by atoms with van der Waals surface area (Å²) in [6.45, 7) is 5.75. The highest BCUT2D eigenvalue weighted by molar-refractivity contribution is 5.81. The zero-order valence-electron chi connectivity index (χ0n) is 17.7. The molecule has 1 aliphatic rings. The Morgan fingerprint density at radius 2 is 2.10 bits per heavy atom. The SMILES string of the molecule is CCCN(CC(=O)NCCc1ccc2c(c1)OCO2)c1cc(C)nc(-n2ccnc2)n1. The normalized spacial score (nSPS) is 12.1. The molecule has 0 spiro atoms. The van der Waals surface area contributed by atoms with Gasteiger partial charge >= 0.3 is 0 Å². The van der Waals surface area contributed by atoms with Gasteiger partial charge in [-0.3, -0.25) is 9.36 Å². The third-order valence-corrected chi connectivity index (χ3v) is 4.89. The first kappa shape index (κ1) is 20.6. The number of aryl methyl sites for hydroxylation is 1. The second-order valence-corrected chi connectivity index (χ2v) is 7.35. The number of rotatable bonds is 9. The molecule has 1 N–H and O–H groups in total. The smallest absolute Gasteiger partial charge is 0.239 e. The molecule has 31 heavy (non-hydrogen) atoms. The molecule has 162 valence electrons. The van der Waals surface area contributed by atoms with Gasteiger partial charge in [0, 0.05) is 37.2 Å². The molecule has 0 aliphatic carbocycles. The number of ether oxygens (including phenoxy) is 2. The highest BCUT2D eigenvalue weighted by Gasteiger charge is 2.16. The minimum atomic E-state index is -0.0466. The van der Waals surface area contributed by atoms with Gasteiger partial charge in [0.15, 0.2) is 11.5 Å². The molecule has 1 aromatic carbocycles. The van der Waals surface area contributed by atoms with Crippen LogP contribution in [-0.2, 0) is 11.2 Å². The number of nitrogens with one attached hydrogen (secondary N) is 1. The molecule has 9 nitrogen and oxygen atoms in total. The number of benzene rings is 1. The van der Waals surface area contributed by atoms with E-state index in [0.29, 0.717) is 18.9 Å². The molecule has 0 saturated heterocycles. The lowest BCUT2D eigenvalue weighted by atomic mass is 10.1. The van der Waals surface area contributed by atoms with Crippen LogP contribution in [-0.4, -0.2) is 51.9 Å². The van der Waals surface area contributed by atoms with Crippen LogP contribution < -0.4 is 19.7 Å². The summed E-state index contributed by atoms with van der Waals surface area (Å²) < 4.78 is 12.5. The quantitative estimate of drug-likeness (QED) is 0.565. The molecule has 0 saturated carbocycles. The van der Waals surface area contributed by atoms with Gasteiger partial charge in [-0.1, -0.05) is 13.0 Å². The maximum Gasteiger partial charge on any atom is 0.239 e. The summed E-state index contributed by atoms with van der Waals surface area (Å²) in [5, 5.41) is 3.00. The molecule has 1 amide bonds. The molecule has 0 atom stereocenters. The van der Waals surface area contributed by atoms with Crippen LogP contribution in [0.1, 0.15) is 24.6 Å². The predicted molar refractivity (Wildman–Crippen MR) is 116 cm³/mol. The van der Waals surface area contributed by atoms with Crippen molar-refractivity contribution in [3.63, 3.8) is 0 Å². The Morgan fingerprint density at radius 3 is 2.90 bits per heavy atom. The second-order valence-electron chi connectivity index (χ2n) is 7.35. The highest BCUT2D eigenvalue weighted by Crippen LogP contribution is 2.32. The summed E-state index contributed by atoms with van der Waals surface area (Å²) in [6, 6.07) is 7.75. The molecule has 0 unspecified atom stereocenters. The number of fused-ring (bicyclic) bond motifs is 1. The standard InChI is InChI=1S/C22H26N6O3/c1-3-9-27(20-11-16(2)25-22(26-20)28-10-8-23-14-28)13-21(29)24-7-6-17-4-5-18-19(12-17)31-15-30-18/h4-5,8,10-12,14H,3,6-7,9,13,15H2,1-2H3,(H,24,29). The van der Waals surface area contributed by atoms with E-state index in [2.05, 4.69) is 27.2 Å². The number of anilines is 1. The molecule has 2 aromatic heterocycles. The minimum absolute atomic E-state index is 0.0466. The number of hydrogen-bond donors (Lipinski definition) is 1. The fourth-order valence-corrected chi connectivity index (χ4v) is 3.41. The number of imidazole rings is 1. The molecule has 0 radical (unpaired) electrons. The third kappa shape index (κ3) is 5.11. The Hall–Kier alpha value is -3.62. The summed E-state index contributed by atoms with van der Waals surface area (Å²) >= 11 is 0. The van der Waals surface area contributed by atoms with Crippen LogP contribution >= 0.6 is 0 Å². The lowest BCUT2D eigenvalue weighted by Crippen LogP contribution is -2.39. The van der Waals surface area contributed by atoms with E-state index in [0.717, 1.165) is 41.5 Å². The van der Waals surface area contributed by atoms with Gasteiger partial charge in [0.2, 0.25) is 18.6 Å². The van der Waals surface area contributed by atoms with Crippen LogP contribution in [0.25, 0.3) is 5.95 Å². The summed E-state index contributed by atoms with van der Waals surface area (Å²) in [4.78, 5) is 27.8. The van der Waals surface area contributed by atoms with Crippen molar-refractivity contribution >= 4 is 11.7 Å². The fourth-order valence-electron chi connectivity index (χ4n) is 3.41. The molecule has 3 aromatic rings. The van der Waals surface area contributed by atoms with E-state index in [-0.39, 0.29) is 19.2 Å². The first-order valence-corrected chi connectivity index (χ1v) is 10.4. The largest absolute Gasteiger partial charge is 0.454 e. The Bertz CT molecular complexity index is 1040. The van der Waals surface area contributed by atoms with Crippen molar-refractivity contribution in [1.82, 2.24) is 24.8 Å². The van der Waals surface area contributed by atoms with Crippen LogP contribution in [0.2, 0.25) is 0 Å². The summed E-state index contributed by atoms with van der Waals surface area (Å²) in [5.74, 6) is 2.74. The number of aromatic nitrogens is 4. The van der Waals surface area contributed by atoms with Gasteiger partial charge in [-0.15, -0.1) is 0 Å². The molecule has 1 aliphatic heterocycles. The van der Waals surface area contributed by atoms with Crippen molar-refractivity contribution in [2.24, 2.45) is 0 Å². The van der Waals surface area contributed by atoms with Gasteiger partial charge in [0.1, 0.15) is 12.1 Å². The average Bonchev–Trinajstić information content (AvgIpc) is 3.45. The maximum absolute atomic E-state index is 12.6.